The third kappa shape index (κ3) is 2.36. The van der Waals surface area contributed by atoms with Gasteiger partial charge in [0.15, 0.2) is 5.13 Å². The van der Waals surface area contributed by atoms with Crippen LogP contribution in [0.1, 0.15) is 30.3 Å². The maximum atomic E-state index is 4.64. The maximum absolute atomic E-state index is 4.64. The number of anilines is 1. The first kappa shape index (κ1) is 11.4. The van der Waals surface area contributed by atoms with E-state index in [1.54, 1.807) is 0 Å². The third-order valence-corrected chi connectivity index (χ3v) is 4.94. The third-order valence-electron chi connectivity index (χ3n) is 3.09. The van der Waals surface area contributed by atoms with Crippen LogP contribution in [0.4, 0.5) is 5.13 Å². The molecule has 1 aromatic rings. The van der Waals surface area contributed by atoms with E-state index in [0.29, 0.717) is 10.9 Å². The van der Waals surface area contributed by atoms with Crippen LogP contribution in [0.15, 0.2) is 0 Å². The number of aromatic nitrogens is 1. The van der Waals surface area contributed by atoms with E-state index in [1.165, 1.54) is 28.5 Å². The quantitative estimate of drug-likeness (QED) is 0.735. The molecule has 1 saturated heterocycles. The first-order valence-corrected chi connectivity index (χ1v) is 7.16. The van der Waals surface area contributed by atoms with Gasteiger partial charge in [-0.15, -0.1) is 11.3 Å². The van der Waals surface area contributed by atoms with Gasteiger partial charge in [0.2, 0.25) is 0 Å². The molecule has 0 spiro atoms. The topological polar surface area (TPSA) is 16.1 Å². The second-order valence-corrected chi connectivity index (χ2v) is 6.79. The largest absolute Gasteiger partial charge is 0.344 e. The highest BCUT2D eigenvalue weighted by molar-refractivity contribution is 9.09. The fraction of sp³-hybridized carbons (Fsp3) is 0.727. The standard InChI is InChI=1S/C11H17BrN2S/c1-7-4-5-10(12)6-14(7)11-13-8(2)9(3)15-11/h7,10H,4-6H2,1-3H3. The zero-order chi connectivity index (χ0) is 11.0. The van der Waals surface area contributed by atoms with Crippen molar-refractivity contribution in [3.05, 3.63) is 10.6 Å². The summed E-state index contributed by atoms with van der Waals surface area (Å²) in [4.78, 5) is 9.05. The summed E-state index contributed by atoms with van der Waals surface area (Å²) in [7, 11) is 0. The molecule has 84 valence electrons. The Morgan fingerprint density at radius 2 is 2.13 bits per heavy atom. The van der Waals surface area contributed by atoms with Gasteiger partial charge < -0.3 is 4.90 Å². The fourth-order valence-electron chi connectivity index (χ4n) is 1.91. The number of hydrogen-bond acceptors (Lipinski definition) is 3. The van der Waals surface area contributed by atoms with Crippen LogP contribution in [0.3, 0.4) is 0 Å². The number of nitrogens with zero attached hydrogens (tertiary/aromatic N) is 2. The minimum atomic E-state index is 0.623. The Kier molecular flexibility index (Phi) is 3.36. The summed E-state index contributed by atoms with van der Waals surface area (Å²) in [5.74, 6) is 0. The number of aryl methyl sites for hydroxylation is 2. The Bertz CT molecular complexity index is 331. The first-order valence-electron chi connectivity index (χ1n) is 5.42. The zero-order valence-corrected chi connectivity index (χ0v) is 11.9. The van der Waals surface area contributed by atoms with Crippen molar-refractivity contribution in [2.75, 3.05) is 11.4 Å². The second kappa shape index (κ2) is 4.42. The van der Waals surface area contributed by atoms with E-state index in [-0.39, 0.29) is 0 Å². The summed E-state index contributed by atoms with van der Waals surface area (Å²) in [5.41, 5.74) is 1.18. The van der Waals surface area contributed by atoms with Crippen LogP contribution >= 0.6 is 27.3 Å². The van der Waals surface area contributed by atoms with E-state index in [2.05, 4.69) is 46.6 Å². The Labute approximate surface area is 104 Å². The monoisotopic (exact) mass is 288 g/mol. The molecule has 2 atom stereocenters. The second-order valence-electron chi connectivity index (χ2n) is 4.31. The minimum Gasteiger partial charge on any atom is -0.344 e. The molecule has 0 N–H and O–H groups in total. The van der Waals surface area contributed by atoms with Gasteiger partial charge in [-0.2, -0.15) is 0 Å². The Balaban J connectivity index is 2.21. The molecule has 1 aromatic heterocycles. The summed E-state index contributed by atoms with van der Waals surface area (Å²) in [6.45, 7) is 7.63. The predicted octanol–water partition coefficient (Wildman–Crippen LogP) is 3.51. The average Bonchev–Trinajstić information content (AvgIpc) is 2.51. The minimum absolute atomic E-state index is 0.623. The van der Waals surface area contributed by atoms with Crippen LogP contribution < -0.4 is 4.90 Å². The fourth-order valence-corrected chi connectivity index (χ4v) is 3.51. The lowest BCUT2D eigenvalue weighted by atomic mass is 10.0. The van der Waals surface area contributed by atoms with Gasteiger partial charge in [-0.3, -0.25) is 0 Å². The molecule has 15 heavy (non-hydrogen) atoms. The highest BCUT2D eigenvalue weighted by atomic mass is 79.9. The molecule has 0 radical (unpaired) electrons. The molecule has 2 rings (SSSR count). The van der Waals surface area contributed by atoms with Gasteiger partial charge in [-0.25, -0.2) is 4.98 Å². The van der Waals surface area contributed by atoms with Crippen molar-refractivity contribution in [2.24, 2.45) is 0 Å². The van der Waals surface area contributed by atoms with Crippen molar-refractivity contribution >= 4 is 32.4 Å². The Morgan fingerprint density at radius 3 is 2.73 bits per heavy atom. The molecule has 0 aromatic carbocycles. The predicted molar refractivity (Wildman–Crippen MR) is 70.3 cm³/mol. The molecule has 1 fully saturated rings. The Morgan fingerprint density at radius 1 is 1.40 bits per heavy atom. The van der Waals surface area contributed by atoms with Crippen LogP contribution in [-0.2, 0) is 0 Å². The summed E-state index contributed by atoms with van der Waals surface area (Å²) >= 11 is 5.53. The smallest absolute Gasteiger partial charge is 0.186 e. The number of hydrogen-bond donors (Lipinski definition) is 0. The van der Waals surface area contributed by atoms with Crippen LogP contribution in [0, 0.1) is 13.8 Å². The molecule has 2 unspecified atom stereocenters. The van der Waals surface area contributed by atoms with Gasteiger partial charge in [0, 0.05) is 22.3 Å². The summed E-state index contributed by atoms with van der Waals surface area (Å²) < 4.78 is 0. The summed E-state index contributed by atoms with van der Waals surface area (Å²) in [6, 6.07) is 0.628. The number of thiazole rings is 1. The van der Waals surface area contributed by atoms with Gasteiger partial charge in [-0.1, -0.05) is 15.9 Å². The van der Waals surface area contributed by atoms with Crippen molar-refractivity contribution in [1.82, 2.24) is 4.98 Å². The van der Waals surface area contributed by atoms with Crippen molar-refractivity contribution in [3.63, 3.8) is 0 Å². The molecular formula is C11H17BrN2S. The number of piperidine rings is 1. The molecule has 2 nitrogen and oxygen atoms in total. The van der Waals surface area contributed by atoms with Crippen molar-refractivity contribution < 1.29 is 0 Å². The highest BCUT2D eigenvalue weighted by Gasteiger charge is 2.26. The summed E-state index contributed by atoms with van der Waals surface area (Å²) in [5, 5.41) is 1.20. The first-order chi connectivity index (χ1) is 7.08. The molecule has 0 amide bonds. The molecule has 0 bridgehead atoms. The average molecular weight is 289 g/mol. The van der Waals surface area contributed by atoms with Crippen LogP contribution in [0.25, 0.3) is 0 Å². The number of alkyl halides is 1. The van der Waals surface area contributed by atoms with Crippen molar-refractivity contribution in [1.29, 1.82) is 0 Å². The number of rotatable bonds is 1. The van der Waals surface area contributed by atoms with Gasteiger partial charge in [-0.05, 0) is 33.6 Å². The molecule has 4 heteroatoms. The van der Waals surface area contributed by atoms with Crippen molar-refractivity contribution in [3.8, 4) is 0 Å². The van der Waals surface area contributed by atoms with E-state index in [1.807, 2.05) is 11.3 Å². The van der Waals surface area contributed by atoms with Crippen LogP contribution in [0.2, 0.25) is 0 Å². The lowest BCUT2D eigenvalue weighted by Gasteiger charge is -2.35. The van der Waals surface area contributed by atoms with Gasteiger partial charge >= 0.3 is 0 Å². The molecule has 1 aliphatic heterocycles. The molecule has 0 aliphatic carbocycles. The normalized spacial score (nSPS) is 27.1. The van der Waals surface area contributed by atoms with E-state index >= 15 is 0 Å². The molecular weight excluding hydrogens is 272 g/mol. The molecule has 2 heterocycles. The number of halogens is 1. The maximum Gasteiger partial charge on any atom is 0.186 e. The lowest BCUT2D eigenvalue weighted by molar-refractivity contribution is 0.497. The highest BCUT2D eigenvalue weighted by Crippen LogP contribution is 2.31. The van der Waals surface area contributed by atoms with Crippen LogP contribution in [-0.4, -0.2) is 22.4 Å². The zero-order valence-electron chi connectivity index (χ0n) is 9.46. The SMILES string of the molecule is Cc1nc(N2CC(Br)CCC2C)sc1C. The Hall–Kier alpha value is -0.0900. The van der Waals surface area contributed by atoms with Crippen molar-refractivity contribution in [2.45, 2.75) is 44.5 Å². The van der Waals surface area contributed by atoms with Crippen LogP contribution in [0.5, 0.6) is 0 Å². The molecule has 1 aliphatic rings. The van der Waals surface area contributed by atoms with Gasteiger partial charge in [0.05, 0.1) is 5.69 Å². The van der Waals surface area contributed by atoms with E-state index < -0.39 is 0 Å². The van der Waals surface area contributed by atoms with E-state index in [0.717, 1.165) is 6.54 Å². The van der Waals surface area contributed by atoms with E-state index in [9.17, 15) is 0 Å². The van der Waals surface area contributed by atoms with E-state index in [4.69, 9.17) is 0 Å². The lowest BCUT2D eigenvalue weighted by Crippen LogP contribution is -2.42. The molecule has 0 saturated carbocycles. The summed E-state index contributed by atoms with van der Waals surface area (Å²) in [6.07, 6.45) is 2.54. The van der Waals surface area contributed by atoms with Gasteiger partial charge in [0.25, 0.3) is 0 Å². The van der Waals surface area contributed by atoms with Gasteiger partial charge in [0.1, 0.15) is 0 Å².